The minimum atomic E-state index is -4.69. The lowest BCUT2D eigenvalue weighted by Gasteiger charge is -2.26. The molecule has 1 aliphatic rings. The van der Waals surface area contributed by atoms with Gasteiger partial charge in [-0.3, -0.25) is 14.6 Å². The molecule has 8 nitrogen and oxygen atoms in total. The number of aromatic nitrogens is 1. The number of carbonyl (C=O) groups is 2. The molecular formula is C25H32F7N5O3S. The number of hydrogen-bond donors (Lipinski definition) is 3. The largest absolute Gasteiger partial charge is 0.408 e. The van der Waals surface area contributed by atoms with E-state index in [1.165, 1.54) is 34.6 Å². The molecule has 230 valence electrons. The number of alkyl halides is 7. The molecule has 0 aliphatic carbocycles. The summed E-state index contributed by atoms with van der Waals surface area (Å²) in [5.41, 5.74) is -3.07. The lowest BCUT2D eigenvalue weighted by Crippen LogP contribution is -2.46. The maximum absolute atomic E-state index is 14.1. The Morgan fingerprint density at radius 2 is 1.90 bits per heavy atom. The summed E-state index contributed by atoms with van der Waals surface area (Å²) in [6.45, 7) is 5.36. The van der Waals surface area contributed by atoms with Gasteiger partial charge in [0.1, 0.15) is 11.9 Å². The number of nitrogens with one attached hydrogen (secondary N) is 2. The molecule has 0 radical (unpaired) electrons. The molecule has 0 aromatic carbocycles. The van der Waals surface area contributed by atoms with Gasteiger partial charge in [-0.25, -0.2) is 22.5 Å². The zero-order chi connectivity index (χ0) is 31.5. The van der Waals surface area contributed by atoms with E-state index in [1.807, 2.05) is 5.32 Å². The molecule has 41 heavy (non-hydrogen) atoms. The standard InChI is InChI=1S/C25H32F7N5O3S/c1-6-16(25(30,31)32)36-17-7-14(20(26)27)15(9-33-17)19(41)18(22(39)37-11-24(28,29)8-12(37)2)35-13(3)21(38)34-10-23(4,5)40/h7,9,12,16,18,20,40H,6,8,10-11H2,1-5H3,(H,33,36)(H,34,38)/t12-,16-,18?/m0/s1. The summed E-state index contributed by atoms with van der Waals surface area (Å²) in [6, 6.07) is -4.30. The van der Waals surface area contributed by atoms with Gasteiger partial charge in [-0.05, 0) is 40.2 Å². The van der Waals surface area contributed by atoms with Crippen molar-refractivity contribution in [2.45, 2.75) is 89.7 Å². The van der Waals surface area contributed by atoms with Gasteiger partial charge in [0, 0.05) is 36.3 Å². The molecule has 2 amide bonds. The Morgan fingerprint density at radius 3 is 2.37 bits per heavy atom. The third-order valence-corrected chi connectivity index (χ3v) is 6.63. The van der Waals surface area contributed by atoms with Crippen molar-refractivity contribution in [1.82, 2.24) is 15.2 Å². The second-order valence-corrected chi connectivity index (χ2v) is 10.9. The topological polar surface area (TPSA) is 107 Å². The van der Waals surface area contributed by atoms with E-state index in [4.69, 9.17) is 12.2 Å². The molecule has 3 N–H and O–H groups in total. The van der Waals surface area contributed by atoms with Crippen molar-refractivity contribution in [1.29, 1.82) is 0 Å². The van der Waals surface area contributed by atoms with Crippen molar-refractivity contribution < 1.29 is 45.4 Å². The van der Waals surface area contributed by atoms with Gasteiger partial charge in [0.15, 0.2) is 6.04 Å². The highest BCUT2D eigenvalue weighted by Crippen LogP contribution is 2.34. The number of aliphatic hydroxyl groups is 1. The van der Waals surface area contributed by atoms with E-state index >= 15 is 0 Å². The zero-order valence-corrected chi connectivity index (χ0v) is 23.8. The van der Waals surface area contributed by atoms with Crippen molar-refractivity contribution in [2.24, 2.45) is 4.99 Å². The van der Waals surface area contributed by atoms with Gasteiger partial charge in [0.05, 0.1) is 22.7 Å². The monoisotopic (exact) mass is 615 g/mol. The zero-order valence-electron chi connectivity index (χ0n) is 23.0. The molecule has 1 saturated heterocycles. The van der Waals surface area contributed by atoms with E-state index in [2.05, 4.69) is 15.3 Å². The van der Waals surface area contributed by atoms with Crippen LogP contribution in [0, 0.1) is 0 Å². The highest BCUT2D eigenvalue weighted by Gasteiger charge is 2.47. The quantitative estimate of drug-likeness (QED) is 0.147. The van der Waals surface area contributed by atoms with Crippen LogP contribution in [0.4, 0.5) is 36.6 Å². The Kier molecular flexibility index (Phi) is 10.9. The number of carbonyl (C=O) groups excluding carboxylic acids is 2. The number of nitrogens with zero attached hydrogens (tertiary/aromatic N) is 3. The summed E-state index contributed by atoms with van der Waals surface area (Å²) in [6.07, 6.45) is -8.33. The van der Waals surface area contributed by atoms with E-state index in [1.54, 1.807) is 0 Å². The Labute approximate surface area is 237 Å². The Morgan fingerprint density at radius 1 is 1.29 bits per heavy atom. The highest BCUT2D eigenvalue weighted by atomic mass is 32.1. The number of aliphatic imine (C=N–C) groups is 1. The number of pyridine rings is 1. The fourth-order valence-corrected chi connectivity index (χ4v) is 4.37. The van der Waals surface area contributed by atoms with Gasteiger partial charge in [-0.2, -0.15) is 13.2 Å². The minimum absolute atomic E-state index is 0.221. The number of amides is 2. The normalized spacial score (nSPS) is 19.2. The molecule has 0 saturated carbocycles. The van der Waals surface area contributed by atoms with Gasteiger partial charge < -0.3 is 20.6 Å². The second kappa shape index (κ2) is 13.0. The molecule has 1 aromatic heterocycles. The lowest BCUT2D eigenvalue weighted by molar-refractivity contribution is -0.143. The number of likely N-dealkylation sites (tertiary alicyclic amines) is 1. The average molecular weight is 616 g/mol. The van der Waals surface area contributed by atoms with Crippen LogP contribution in [0.25, 0.3) is 0 Å². The molecule has 1 fully saturated rings. The van der Waals surface area contributed by atoms with E-state index in [-0.39, 0.29) is 12.3 Å². The van der Waals surface area contributed by atoms with Gasteiger partial charge in [-0.1, -0.05) is 19.1 Å². The van der Waals surface area contributed by atoms with Crippen molar-refractivity contribution in [3.05, 3.63) is 23.4 Å². The Bertz CT molecular complexity index is 1170. The van der Waals surface area contributed by atoms with Crippen molar-refractivity contribution >= 4 is 40.4 Å². The minimum Gasteiger partial charge on any atom is -0.389 e. The fourth-order valence-electron chi connectivity index (χ4n) is 4.04. The average Bonchev–Trinajstić information content (AvgIpc) is 3.13. The Balaban J connectivity index is 2.54. The summed E-state index contributed by atoms with van der Waals surface area (Å²) in [4.78, 5) is 34.0. The third kappa shape index (κ3) is 9.31. The van der Waals surface area contributed by atoms with Crippen molar-refractivity contribution in [2.75, 3.05) is 18.4 Å². The Hall–Kier alpha value is -2.88. The number of rotatable bonds is 11. The first kappa shape index (κ1) is 34.3. The van der Waals surface area contributed by atoms with Crippen LogP contribution in [0.3, 0.4) is 0 Å². The number of hydrogen-bond acceptors (Lipinski definition) is 7. The molecule has 2 heterocycles. The fraction of sp³-hybridized carbons (Fsp3) is 0.640. The summed E-state index contributed by atoms with van der Waals surface area (Å²) < 4.78 is 95.9. The first-order chi connectivity index (χ1) is 18.7. The molecule has 16 heteroatoms. The van der Waals surface area contributed by atoms with Crippen LogP contribution >= 0.6 is 12.2 Å². The lowest BCUT2D eigenvalue weighted by atomic mass is 10.0. The van der Waals surface area contributed by atoms with Gasteiger partial charge >= 0.3 is 6.18 Å². The number of halogens is 7. The SMILES string of the molecule is CC[C@H](Nc1cc(C(F)F)c(C(=S)C(N=C(C)C(=O)NCC(C)(C)O)C(=O)N2CC(F)(F)C[C@@H]2C)cn1)C(F)(F)F. The van der Waals surface area contributed by atoms with E-state index < -0.39 is 95.3 Å². The maximum Gasteiger partial charge on any atom is 0.408 e. The van der Waals surface area contributed by atoms with Crippen LogP contribution in [0.2, 0.25) is 0 Å². The smallest absolute Gasteiger partial charge is 0.389 e. The van der Waals surface area contributed by atoms with Gasteiger partial charge in [0.25, 0.3) is 24.2 Å². The molecule has 3 atom stereocenters. The van der Waals surface area contributed by atoms with Crippen LogP contribution in [-0.2, 0) is 9.59 Å². The first-order valence-electron chi connectivity index (χ1n) is 12.6. The van der Waals surface area contributed by atoms with Crippen LogP contribution in [-0.4, -0.2) is 86.3 Å². The summed E-state index contributed by atoms with van der Waals surface area (Å²) in [7, 11) is 0. The predicted octanol–water partition coefficient (Wildman–Crippen LogP) is 4.46. The molecule has 2 rings (SSSR count). The van der Waals surface area contributed by atoms with E-state index in [0.717, 1.165) is 11.1 Å². The maximum atomic E-state index is 14.1. The molecular weight excluding hydrogens is 583 g/mol. The van der Waals surface area contributed by atoms with Gasteiger partial charge in [0.2, 0.25) is 0 Å². The number of thiocarbonyl (C=S) groups is 1. The molecule has 1 aromatic rings. The van der Waals surface area contributed by atoms with Crippen molar-refractivity contribution in [3.8, 4) is 0 Å². The van der Waals surface area contributed by atoms with E-state index in [9.17, 15) is 45.4 Å². The summed E-state index contributed by atoms with van der Waals surface area (Å²) in [5, 5.41) is 14.3. The summed E-state index contributed by atoms with van der Waals surface area (Å²) in [5.74, 6) is -5.70. The molecule has 1 unspecified atom stereocenters. The number of anilines is 1. The highest BCUT2D eigenvalue weighted by molar-refractivity contribution is 7.81. The predicted molar refractivity (Wildman–Crippen MR) is 142 cm³/mol. The van der Waals surface area contributed by atoms with Crippen molar-refractivity contribution in [3.63, 3.8) is 0 Å². The first-order valence-corrected chi connectivity index (χ1v) is 13.0. The third-order valence-electron chi connectivity index (χ3n) is 6.19. The van der Waals surface area contributed by atoms with Gasteiger partial charge in [-0.15, -0.1) is 0 Å². The van der Waals surface area contributed by atoms with E-state index in [0.29, 0.717) is 6.07 Å². The second-order valence-electron chi connectivity index (χ2n) is 10.5. The van der Waals surface area contributed by atoms with Crippen LogP contribution in [0.15, 0.2) is 17.3 Å². The molecule has 1 aliphatic heterocycles. The van der Waals surface area contributed by atoms with Crippen LogP contribution in [0.5, 0.6) is 0 Å². The van der Waals surface area contributed by atoms with Crippen LogP contribution < -0.4 is 10.6 Å². The van der Waals surface area contributed by atoms with Crippen LogP contribution in [0.1, 0.15) is 65.0 Å². The molecule has 0 bridgehead atoms. The summed E-state index contributed by atoms with van der Waals surface area (Å²) >= 11 is 5.31. The molecule has 0 spiro atoms.